The van der Waals surface area contributed by atoms with Crippen LogP contribution < -0.4 is 5.32 Å². The van der Waals surface area contributed by atoms with Crippen LogP contribution in [0, 0.1) is 0 Å². The van der Waals surface area contributed by atoms with E-state index in [1.807, 2.05) is 6.08 Å². The Bertz CT molecular complexity index is 1500. The maximum absolute atomic E-state index is 13.2. The molecule has 6 N–H and O–H groups in total. The average Bonchev–Trinajstić information content (AvgIpc) is 2.44. The number of allylic oxidation sites excluding steroid dienone is 7. The third-order valence-electron chi connectivity index (χ3n) is 18.1. The van der Waals surface area contributed by atoms with E-state index in [0.717, 1.165) is 51.4 Å². The Hall–Kier alpha value is -1.85. The Morgan fingerprint density at radius 3 is 1.01 bits per heavy atom. The number of unbranched alkanes of at least 4 members (excludes halogenated alkanes) is 51. The zero-order chi connectivity index (χ0) is 62.1. The zero-order valence-corrected chi connectivity index (χ0v) is 56.8. The van der Waals surface area contributed by atoms with Crippen LogP contribution in [0.1, 0.15) is 380 Å². The van der Waals surface area contributed by atoms with E-state index in [1.54, 1.807) is 6.08 Å². The van der Waals surface area contributed by atoms with Crippen molar-refractivity contribution >= 4 is 5.91 Å². The van der Waals surface area contributed by atoms with Gasteiger partial charge in [-0.2, -0.15) is 0 Å². The van der Waals surface area contributed by atoms with Crippen molar-refractivity contribution in [1.82, 2.24) is 5.32 Å². The van der Waals surface area contributed by atoms with Crippen molar-refractivity contribution in [2.45, 2.75) is 423 Å². The highest BCUT2D eigenvalue weighted by molar-refractivity contribution is 5.76. The van der Waals surface area contributed by atoms with Gasteiger partial charge in [0.15, 0.2) is 6.29 Å². The van der Waals surface area contributed by atoms with Crippen LogP contribution in [0.15, 0.2) is 48.6 Å². The fourth-order valence-corrected chi connectivity index (χ4v) is 12.2. The van der Waals surface area contributed by atoms with Crippen molar-refractivity contribution in [1.29, 1.82) is 0 Å². The molecule has 0 saturated carbocycles. The number of hydrogen-bond acceptors (Lipinski definition) is 8. The lowest BCUT2D eigenvalue weighted by atomic mass is 9.99. The number of ether oxygens (including phenoxy) is 2. The minimum Gasteiger partial charge on any atom is -0.394 e. The summed E-state index contributed by atoms with van der Waals surface area (Å²) in [5.41, 5.74) is 0. The van der Waals surface area contributed by atoms with Gasteiger partial charge in [0.05, 0.1) is 25.4 Å². The molecular formula is C77H145NO8. The molecule has 1 amide bonds. The second kappa shape index (κ2) is 66.1. The van der Waals surface area contributed by atoms with E-state index < -0.39 is 49.5 Å². The molecule has 0 radical (unpaired) electrons. The van der Waals surface area contributed by atoms with Crippen molar-refractivity contribution in [3.8, 4) is 0 Å². The summed E-state index contributed by atoms with van der Waals surface area (Å²) in [7, 11) is 0. The predicted molar refractivity (Wildman–Crippen MR) is 369 cm³/mol. The molecule has 9 heteroatoms. The van der Waals surface area contributed by atoms with E-state index in [-0.39, 0.29) is 12.5 Å². The molecule has 0 aromatic rings. The molecule has 1 aliphatic rings. The molecule has 9 nitrogen and oxygen atoms in total. The SMILES string of the molecule is CCCCCCC/C=C\C/C=C\C/C=C\CCCCCCCCCCCCCCCCCCCCCCCCC(=O)NC(COC1OC(CO)C(O)C(O)C1O)C(O)/C=C/CCCCCCCCCCCCCCCCCCCCCCCCCC. The number of rotatable bonds is 67. The summed E-state index contributed by atoms with van der Waals surface area (Å²) in [4.78, 5) is 13.2. The van der Waals surface area contributed by atoms with Gasteiger partial charge in [-0.1, -0.05) is 364 Å². The minimum absolute atomic E-state index is 0.169. The predicted octanol–water partition coefficient (Wildman–Crippen LogP) is 21.1. The molecule has 86 heavy (non-hydrogen) atoms. The van der Waals surface area contributed by atoms with Crippen molar-refractivity contribution in [2.24, 2.45) is 0 Å². The summed E-state index contributed by atoms with van der Waals surface area (Å²) >= 11 is 0. The molecule has 1 rings (SSSR count). The van der Waals surface area contributed by atoms with Gasteiger partial charge in [-0.05, 0) is 57.8 Å². The van der Waals surface area contributed by atoms with E-state index in [0.29, 0.717) is 6.42 Å². The van der Waals surface area contributed by atoms with Gasteiger partial charge in [0.25, 0.3) is 0 Å². The molecule has 0 aromatic carbocycles. The second-order valence-electron chi connectivity index (χ2n) is 26.4. The van der Waals surface area contributed by atoms with Gasteiger partial charge in [-0.25, -0.2) is 0 Å². The normalized spacial score (nSPS) is 18.2. The third-order valence-corrected chi connectivity index (χ3v) is 18.1. The Morgan fingerprint density at radius 1 is 0.395 bits per heavy atom. The lowest BCUT2D eigenvalue weighted by Crippen LogP contribution is -2.60. The third kappa shape index (κ3) is 53.9. The van der Waals surface area contributed by atoms with Gasteiger partial charge in [-0.15, -0.1) is 0 Å². The van der Waals surface area contributed by atoms with Crippen molar-refractivity contribution < 1.29 is 39.8 Å². The molecule has 1 aliphatic heterocycles. The highest BCUT2D eigenvalue weighted by Gasteiger charge is 2.44. The monoisotopic (exact) mass is 1210 g/mol. The molecule has 0 aromatic heterocycles. The summed E-state index contributed by atoms with van der Waals surface area (Å²) in [6.45, 7) is 3.82. The number of carbonyl (C=O) groups is 1. The van der Waals surface area contributed by atoms with Gasteiger partial charge in [-0.3, -0.25) is 4.79 Å². The highest BCUT2D eigenvalue weighted by atomic mass is 16.7. The number of aliphatic hydroxyl groups is 5. The van der Waals surface area contributed by atoms with E-state index in [2.05, 4.69) is 55.6 Å². The van der Waals surface area contributed by atoms with Gasteiger partial charge in [0.1, 0.15) is 24.4 Å². The highest BCUT2D eigenvalue weighted by Crippen LogP contribution is 2.24. The molecule has 506 valence electrons. The molecule has 1 heterocycles. The second-order valence-corrected chi connectivity index (χ2v) is 26.4. The molecule has 7 atom stereocenters. The van der Waals surface area contributed by atoms with E-state index in [1.165, 1.54) is 308 Å². The average molecular weight is 1210 g/mol. The van der Waals surface area contributed by atoms with E-state index in [4.69, 9.17) is 9.47 Å². The fourth-order valence-electron chi connectivity index (χ4n) is 12.2. The quantitative estimate of drug-likeness (QED) is 0.0261. The first kappa shape index (κ1) is 82.2. The Morgan fingerprint density at radius 2 is 0.686 bits per heavy atom. The molecule has 0 bridgehead atoms. The molecule has 1 saturated heterocycles. The maximum atomic E-state index is 13.2. The van der Waals surface area contributed by atoms with Gasteiger partial charge < -0.3 is 40.3 Å². The van der Waals surface area contributed by atoms with Crippen molar-refractivity contribution in [3.05, 3.63) is 48.6 Å². The molecule has 1 fully saturated rings. The largest absolute Gasteiger partial charge is 0.394 e. The van der Waals surface area contributed by atoms with E-state index in [9.17, 15) is 30.3 Å². The number of amides is 1. The topological polar surface area (TPSA) is 149 Å². The van der Waals surface area contributed by atoms with Crippen LogP contribution >= 0.6 is 0 Å². The van der Waals surface area contributed by atoms with Crippen LogP contribution in [0.4, 0.5) is 0 Å². The minimum atomic E-state index is -1.57. The number of aliphatic hydroxyl groups excluding tert-OH is 5. The Kier molecular flexibility index (Phi) is 63.1. The van der Waals surface area contributed by atoms with E-state index >= 15 is 0 Å². The standard InChI is InChI=1S/C77H145NO8/c1-3-5-7-9-11-13-15-17-19-21-23-25-27-29-31-32-33-34-35-36-37-38-39-40-41-43-45-47-49-51-53-55-57-59-61-63-65-67-73(81)78-70(69-85-77-76(84)75(83)74(82)72(68-79)86-77)71(80)66-64-62-60-58-56-54-52-50-48-46-44-42-30-28-26-24-22-20-18-16-14-12-10-8-6-4-2/h15,17,21,23,27,29,64,66,70-72,74-77,79-80,82-84H,3-14,16,18-20,22,24-26,28,30-63,65,67-69H2,1-2H3,(H,78,81)/b17-15-,23-21-,29-27-,66-64+. The summed E-state index contributed by atoms with van der Waals surface area (Å²) < 4.78 is 11.3. The lowest BCUT2D eigenvalue weighted by Gasteiger charge is -2.40. The first-order valence-electron chi connectivity index (χ1n) is 37.9. The van der Waals surface area contributed by atoms with Crippen LogP contribution in [-0.2, 0) is 14.3 Å². The van der Waals surface area contributed by atoms with Gasteiger partial charge in [0.2, 0.25) is 5.91 Å². The van der Waals surface area contributed by atoms with Crippen LogP contribution in [-0.4, -0.2) is 87.5 Å². The first-order valence-corrected chi connectivity index (χ1v) is 37.9. The Balaban J connectivity index is 2.08. The number of nitrogens with one attached hydrogen (secondary N) is 1. The number of carbonyl (C=O) groups excluding carboxylic acids is 1. The summed E-state index contributed by atoms with van der Waals surface area (Å²) in [6.07, 6.45) is 83.8. The number of hydrogen-bond donors (Lipinski definition) is 6. The maximum Gasteiger partial charge on any atom is 0.220 e. The van der Waals surface area contributed by atoms with Crippen LogP contribution in [0.5, 0.6) is 0 Å². The zero-order valence-electron chi connectivity index (χ0n) is 56.8. The van der Waals surface area contributed by atoms with Crippen LogP contribution in [0.25, 0.3) is 0 Å². The summed E-state index contributed by atoms with van der Waals surface area (Å²) in [6, 6.07) is -0.806. The lowest BCUT2D eigenvalue weighted by molar-refractivity contribution is -0.302. The van der Waals surface area contributed by atoms with Gasteiger partial charge in [0, 0.05) is 6.42 Å². The molecule has 7 unspecified atom stereocenters. The Labute approximate surface area is 533 Å². The fraction of sp³-hybridized carbons (Fsp3) is 0.883. The molecular weight excluding hydrogens is 1070 g/mol. The van der Waals surface area contributed by atoms with Crippen LogP contribution in [0.2, 0.25) is 0 Å². The molecule has 0 spiro atoms. The first-order chi connectivity index (χ1) is 42.3. The summed E-state index contributed by atoms with van der Waals surface area (Å²) in [5.74, 6) is -0.169. The van der Waals surface area contributed by atoms with Gasteiger partial charge >= 0.3 is 0 Å². The molecule has 0 aliphatic carbocycles. The smallest absolute Gasteiger partial charge is 0.220 e. The van der Waals surface area contributed by atoms with Crippen molar-refractivity contribution in [3.63, 3.8) is 0 Å². The van der Waals surface area contributed by atoms with Crippen molar-refractivity contribution in [2.75, 3.05) is 13.2 Å². The van der Waals surface area contributed by atoms with Crippen LogP contribution in [0.3, 0.4) is 0 Å². The summed E-state index contributed by atoms with van der Waals surface area (Å²) in [5, 5.41) is 54.9.